The summed E-state index contributed by atoms with van der Waals surface area (Å²) in [6.07, 6.45) is 5.53. The van der Waals surface area contributed by atoms with Crippen LogP contribution in [0.15, 0.2) is 24.3 Å². The summed E-state index contributed by atoms with van der Waals surface area (Å²) < 4.78 is 5.87. The van der Waals surface area contributed by atoms with E-state index in [0.29, 0.717) is 6.10 Å². The Kier molecular flexibility index (Phi) is 2.87. The average Bonchev–Trinajstić information content (AvgIpc) is 3.00. The lowest BCUT2D eigenvalue weighted by atomic mass is 9.71. The number of benzene rings is 1. The van der Waals surface area contributed by atoms with E-state index in [-0.39, 0.29) is 11.5 Å². The maximum Gasteiger partial charge on any atom is 0.0899 e. The van der Waals surface area contributed by atoms with Gasteiger partial charge in [-0.05, 0) is 43.2 Å². The van der Waals surface area contributed by atoms with E-state index in [0.717, 1.165) is 32.1 Å². The summed E-state index contributed by atoms with van der Waals surface area (Å²) in [6.45, 7) is 2.16. The van der Waals surface area contributed by atoms with E-state index in [1.54, 1.807) is 0 Å². The maximum atomic E-state index is 9.57. The second-order valence-electron chi connectivity index (χ2n) is 5.64. The Morgan fingerprint density at radius 1 is 1.28 bits per heavy atom. The SMILES string of the molecule is CCc1ccc(CC2(C#N)CC3CCC2O3)cc1. The lowest BCUT2D eigenvalue weighted by molar-refractivity contribution is 0.0787. The zero-order valence-corrected chi connectivity index (χ0v) is 10.9. The first-order valence-electron chi connectivity index (χ1n) is 6.90. The van der Waals surface area contributed by atoms with Gasteiger partial charge >= 0.3 is 0 Å². The van der Waals surface area contributed by atoms with E-state index < -0.39 is 0 Å². The lowest BCUT2D eigenvalue weighted by Gasteiger charge is -2.28. The molecule has 0 radical (unpaired) electrons. The van der Waals surface area contributed by atoms with E-state index in [1.807, 2.05) is 0 Å². The van der Waals surface area contributed by atoms with Crippen molar-refractivity contribution in [2.45, 2.75) is 51.2 Å². The summed E-state index contributed by atoms with van der Waals surface area (Å²) in [5.41, 5.74) is 2.36. The van der Waals surface area contributed by atoms with Gasteiger partial charge in [0.1, 0.15) is 0 Å². The lowest BCUT2D eigenvalue weighted by Crippen LogP contribution is -2.33. The molecule has 0 saturated carbocycles. The van der Waals surface area contributed by atoms with Gasteiger partial charge in [-0.15, -0.1) is 0 Å². The smallest absolute Gasteiger partial charge is 0.0899 e. The first-order valence-corrected chi connectivity index (χ1v) is 6.90. The Bertz CT molecular complexity index is 473. The van der Waals surface area contributed by atoms with Crippen molar-refractivity contribution < 1.29 is 4.74 Å². The maximum absolute atomic E-state index is 9.57. The summed E-state index contributed by atoms with van der Waals surface area (Å²) in [6, 6.07) is 11.3. The van der Waals surface area contributed by atoms with E-state index in [2.05, 4.69) is 37.3 Å². The van der Waals surface area contributed by atoms with Gasteiger partial charge in [-0.1, -0.05) is 31.2 Å². The number of hydrogen-bond donors (Lipinski definition) is 0. The van der Waals surface area contributed by atoms with E-state index in [4.69, 9.17) is 4.74 Å². The van der Waals surface area contributed by atoms with Crippen molar-refractivity contribution in [1.82, 2.24) is 0 Å². The Hall–Kier alpha value is -1.33. The van der Waals surface area contributed by atoms with Crippen LogP contribution in [0.5, 0.6) is 0 Å². The fraction of sp³-hybridized carbons (Fsp3) is 0.562. The molecule has 1 aromatic rings. The van der Waals surface area contributed by atoms with Crippen LogP contribution in [0.3, 0.4) is 0 Å². The number of nitrogens with zero attached hydrogens (tertiary/aromatic N) is 1. The van der Waals surface area contributed by atoms with Crippen molar-refractivity contribution in [2.24, 2.45) is 5.41 Å². The van der Waals surface area contributed by atoms with Crippen molar-refractivity contribution in [3.05, 3.63) is 35.4 Å². The first-order chi connectivity index (χ1) is 8.75. The van der Waals surface area contributed by atoms with Crippen LogP contribution < -0.4 is 0 Å². The molecule has 0 aromatic heterocycles. The fourth-order valence-corrected chi connectivity index (χ4v) is 3.40. The second kappa shape index (κ2) is 4.40. The minimum atomic E-state index is -0.267. The Balaban J connectivity index is 1.80. The predicted octanol–water partition coefficient (Wildman–Crippen LogP) is 3.25. The molecule has 0 N–H and O–H groups in total. The molecule has 2 aliphatic rings. The molecule has 2 aliphatic heterocycles. The van der Waals surface area contributed by atoms with Gasteiger partial charge in [-0.2, -0.15) is 5.26 Å². The molecule has 2 bridgehead atoms. The van der Waals surface area contributed by atoms with Gasteiger partial charge in [0.25, 0.3) is 0 Å². The summed E-state index contributed by atoms with van der Waals surface area (Å²) in [5, 5.41) is 9.57. The Labute approximate surface area is 109 Å². The highest BCUT2D eigenvalue weighted by molar-refractivity contribution is 5.27. The van der Waals surface area contributed by atoms with Gasteiger partial charge in [-0.25, -0.2) is 0 Å². The van der Waals surface area contributed by atoms with E-state index >= 15 is 0 Å². The predicted molar refractivity (Wildman–Crippen MR) is 70.1 cm³/mol. The quantitative estimate of drug-likeness (QED) is 0.813. The zero-order valence-electron chi connectivity index (χ0n) is 10.9. The minimum absolute atomic E-state index is 0.165. The summed E-state index contributed by atoms with van der Waals surface area (Å²) >= 11 is 0. The van der Waals surface area contributed by atoms with Crippen molar-refractivity contribution in [1.29, 1.82) is 5.26 Å². The van der Waals surface area contributed by atoms with Gasteiger partial charge in [0.05, 0.1) is 23.7 Å². The number of rotatable bonds is 3. The van der Waals surface area contributed by atoms with E-state index in [9.17, 15) is 5.26 Å². The Morgan fingerprint density at radius 2 is 2.00 bits per heavy atom. The monoisotopic (exact) mass is 241 g/mol. The van der Waals surface area contributed by atoms with Crippen LogP contribution in [0.25, 0.3) is 0 Å². The highest BCUT2D eigenvalue weighted by Crippen LogP contribution is 2.49. The van der Waals surface area contributed by atoms with Crippen LogP contribution >= 0.6 is 0 Å². The van der Waals surface area contributed by atoms with Gasteiger partial charge in [0.2, 0.25) is 0 Å². The number of aryl methyl sites for hydroxylation is 1. The molecule has 0 aliphatic carbocycles. The number of ether oxygens (including phenoxy) is 1. The number of hydrogen-bond acceptors (Lipinski definition) is 2. The highest BCUT2D eigenvalue weighted by atomic mass is 16.5. The van der Waals surface area contributed by atoms with Gasteiger partial charge < -0.3 is 4.74 Å². The third kappa shape index (κ3) is 1.83. The molecule has 0 amide bonds. The molecule has 18 heavy (non-hydrogen) atoms. The van der Waals surface area contributed by atoms with Crippen LogP contribution in [-0.4, -0.2) is 12.2 Å². The zero-order chi connectivity index (χ0) is 12.6. The van der Waals surface area contributed by atoms with Crippen molar-refractivity contribution >= 4 is 0 Å². The van der Waals surface area contributed by atoms with Crippen LogP contribution in [-0.2, 0) is 17.6 Å². The van der Waals surface area contributed by atoms with Gasteiger partial charge in [-0.3, -0.25) is 0 Å². The molecule has 2 nitrogen and oxygen atoms in total. The number of nitriles is 1. The molecule has 3 unspecified atom stereocenters. The third-order valence-corrected chi connectivity index (χ3v) is 4.49. The van der Waals surface area contributed by atoms with Crippen molar-refractivity contribution in [3.63, 3.8) is 0 Å². The van der Waals surface area contributed by atoms with Crippen LogP contribution in [0.2, 0.25) is 0 Å². The summed E-state index contributed by atoms with van der Waals surface area (Å²) in [5.74, 6) is 0. The average molecular weight is 241 g/mol. The highest BCUT2D eigenvalue weighted by Gasteiger charge is 2.52. The molecule has 0 spiro atoms. The normalized spacial score (nSPS) is 33.6. The molecular formula is C16H19NO. The molecule has 3 rings (SSSR count). The van der Waals surface area contributed by atoms with Crippen LogP contribution in [0.4, 0.5) is 0 Å². The summed E-state index contributed by atoms with van der Waals surface area (Å²) in [7, 11) is 0. The molecular weight excluding hydrogens is 222 g/mol. The van der Waals surface area contributed by atoms with E-state index in [1.165, 1.54) is 11.1 Å². The molecule has 3 atom stereocenters. The molecule has 94 valence electrons. The third-order valence-electron chi connectivity index (χ3n) is 4.49. The molecule has 2 heteroatoms. The molecule has 2 fully saturated rings. The first kappa shape index (κ1) is 11.7. The van der Waals surface area contributed by atoms with Gasteiger partial charge in [0.15, 0.2) is 0 Å². The standard InChI is InChI=1S/C16H19NO/c1-2-12-3-5-13(6-4-12)9-16(11-17)10-14-7-8-15(16)18-14/h3-6,14-15H,2,7-10H2,1H3. The summed E-state index contributed by atoms with van der Waals surface area (Å²) in [4.78, 5) is 0. The minimum Gasteiger partial charge on any atom is -0.373 e. The Morgan fingerprint density at radius 3 is 2.50 bits per heavy atom. The molecule has 2 heterocycles. The second-order valence-corrected chi connectivity index (χ2v) is 5.64. The van der Waals surface area contributed by atoms with Crippen molar-refractivity contribution in [3.8, 4) is 6.07 Å². The molecule has 2 saturated heterocycles. The number of fused-ring (bicyclic) bond motifs is 2. The van der Waals surface area contributed by atoms with Crippen LogP contribution in [0.1, 0.15) is 37.3 Å². The largest absolute Gasteiger partial charge is 0.373 e. The van der Waals surface area contributed by atoms with Gasteiger partial charge in [0, 0.05) is 0 Å². The van der Waals surface area contributed by atoms with Crippen LogP contribution in [0, 0.1) is 16.7 Å². The fourth-order valence-electron chi connectivity index (χ4n) is 3.40. The van der Waals surface area contributed by atoms with Crippen molar-refractivity contribution in [2.75, 3.05) is 0 Å². The topological polar surface area (TPSA) is 33.0 Å². The molecule has 1 aromatic carbocycles.